The second-order valence-corrected chi connectivity index (χ2v) is 5.98. The van der Waals surface area contributed by atoms with Gasteiger partial charge in [0.05, 0.1) is 6.54 Å². The van der Waals surface area contributed by atoms with E-state index in [2.05, 4.69) is 30.1 Å². The molecule has 4 nitrogen and oxygen atoms in total. The molecule has 0 bridgehead atoms. The molecule has 2 unspecified atom stereocenters. The van der Waals surface area contributed by atoms with E-state index in [9.17, 15) is 4.79 Å². The van der Waals surface area contributed by atoms with Crippen molar-refractivity contribution in [3.05, 3.63) is 29.3 Å². The van der Waals surface area contributed by atoms with E-state index in [1.807, 2.05) is 19.1 Å². The first-order chi connectivity index (χ1) is 9.49. The number of hydrogen-bond acceptors (Lipinski definition) is 3. The number of halogens is 1. The summed E-state index contributed by atoms with van der Waals surface area (Å²) in [4.78, 5) is 14.4. The zero-order valence-corrected chi connectivity index (χ0v) is 13.9. The standard InChI is InChI=1S/C16H25N3O.ClH/c1-11-4-5-15(12(2)6-11)18-16(20)10-19-9-14(8-17)7-13(19)3;/h4-6,13-14H,7-10,17H2,1-3H3,(H,18,20);1H. The molecule has 0 aromatic heterocycles. The minimum absolute atomic E-state index is 0. The first kappa shape index (κ1) is 18.0. The molecule has 2 atom stereocenters. The summed E-state index contributed by atoms with van der Waals surface area (Å²) in [6, 6.07) is 6.51. The number of aryl methyl sites for hydroxylation is 2. The van der Waals surface area contributed by atoms with Gasteiger partial charge in [-0.15, -0.1) is 12.4 Å². The summed E-state index contributed by atoms with van der Waals surface area (Å²) < 4.78 is 0. The molecule has 0 spiro atoms. The van der Waals surface area contributed by atoms with E-state index in [4.69, 9.17) is 5.73 Å². The molecule has 3 N–H and O–H groups in total. The minimum Gasteiger partial charge on any atom is -0.330 e. The van der Waals surface area contributed by atoms with Crippen molar-refractivity contribution in [3.63, 3.8) is 0 Å². The number of nitrogens with two attached hydrogens (primary N) is 1. The van der Waals surface area contributed by atoms with Gasteiger partial charge in [-0.05, 0) is 51.3 Å². The Balaban J connectivity index is 0.00000220. The lowest BCUT2D eigenvalue weighted by atomic mass is 10.1. The van der Waals surface area contributed by atoms with Crippen molar-refractivity contribution in [1.82, 2.24) is 4.90 Å². The highest BCUT2D eigenvalue weighted by molar-refractivity contribution is 5.93. The van der Waals surface area contributed by atoms with Crippen LogP contribution in [0.4, 0.5) is 5.69 Å². The highest BCUT2D eigenvalue weighted by atomic mass is 35.5. The molecule has 1 aliphatic heterocycles. The van der Waals surface area contributed by atoms with Crippen molar-refractivity contribution in [2.24, 2.45) is 11.7 Å². The molecule has 21 heavy (non-hydrogen) atoms. The van der Waals surface area contributed by atoms with E-state index in [-0.39, 0.29) is 18.3 Å². The number of hydrogen-bond donors (Lipinski definition) is 2. The Hall–Kier alpha value is -1.10. The largest absolute Gasteiger partial charge is 0.330 e. The molecule has 2 rings (SSSR count). The zero-order chi connectivity index (χ0) is 14.7. The van der Waals surface area contributed by atoms with Crippen LogP contribution in [-0.2, 0) is 4.79 Å². The van der Waals surface area contributed by atoms with Crippen molar-refractivity contribution in [2.45, 2.75) is 33.2 Å². The molecule has 1 aromatic carbocycles. The molecule has 1 amide bonds. The maximum Gasteiger partial charge on any atom is 0.238 e. The summed E-state index contributed by atoms with van der Waals surface area (Å²) in [6.45, 7) is 8.32. The predicted molar refractivity (Wildman–Crippen MR) is 90.0 cm³/mol. The molecule has 118 valence electrons. The van der Waals surface area contributed by atoms with Crippen LogP contribution < -0.4 is 11.1 Å². The Labute approximate surface area is 133 Å². The average molecular weight is 312 g/mol. The summed E-state index contributed by atoms with van der Waals surface area (Å²) in [6.07, 6.45) is 1.09. The highest BCUT2D eigenvalue weighted by Gasteiger charge is 2.29. The summed E-state index contributed by atoms with van der Waals surface area (Å²) in [5, 5.41) is 3.01. The van der Waals surface area contributed by atoms with Gasteiger partial charge in [-0.25, -0.2) is 0 Å². The molecule has 1 fully saturated rings. The number of anilines is 1. The van der Waals surface area contributed by atoms with Gasteiger partial charge < -0.3 is 11.1 Å². The van der Waals surface area contributed by atoms with Crippen molar-refractivity contribution < 1.29 is 4.79 Å². The Bertz CT molecular complexity index is 492. The fraction of sp³-hybridized carbons (Fsp3) is 0.562. The van der Waals surface area contributed by atoms with E-state index in [1.165, 1.54) is 5.56 Å². The Morgan fingerprint density at radius 3 is 2.71 bits per heavy atom. The van der Waals surface area contributed by atoms with Crippen molar-refractivity contribution in [1.29, 1.82) is 0 Å². The van der Waals surface area contributed by atoms with Crippen molar-refractivity contribution >= 4 is 24.0 Å². The Kier molecular flexibility index (Phi) is 6.65. The number of nitrogens with zero attached hydrogens (tertiary/aromatic N) is 1. The second-order valence-electron chi connectivity index (χ2n) is 5.98. The molecule has 0 saturated carbocycles. The van der Waals surface area contributed by atoms with E-state index in [0.29, 0.717) is 25.0 Å². The van der Waals surface area contributed by atoms with Gasteiger partial charge in [0.1, 0.15) is 0 Å². The van der Waals surface area contributed by atoms with Gasteiger partial charge in [0.2, 0.25) is 5.91 Å². The van der Waals surface area contributed by atoms with E-state index < -0.39 is 0 Å². The van der Waals surface area contributed by atoms with E-state index in [0.717, 1.165) is 24.2 Å². The van der Waals surface area contributed by atoms with Crippen LogP contribution in [-0.4, -0.2) is 36.5 Å². The van der Waals surface area contributed by atoms with Gasteiger partial charge in [0, 0.05) is 18.3 Å². The summed E-state index contributed by atoms with van der Waals surface area (Å²) in [7, 11) is 0. The van der Waals surface area contributed by atoms with Gasteiger partial charge in [-0.2, -0.15) is 0 Å². The molecular formula is C16H26ClN3O. The third kappa shape index (κ3) is 4.70. The number of amides is 1. The van der Waals surface area contributed by atoms with Gasteiger partial charge in [-0.1, -0.05) is 17.7 Å². The Morgan fingerprint density at radius 2 is 2.14 bits per heavy atom. The quantitative estimate of drug-likeness (QED) is 0.897. The maximum absolute atomic E-state index is 12.2. The number of carbonyl (C=O) groups excluding carboxylic acids is 1. The SMILES string of the molecule is Cc1ccc(NC(=O)CN2CC(CN)CC2C)c(C)c1.Cl. The van der Waals surface area contributed by atoms with Crippen LogP contribution in [0.15, 0.2) is 18.2 Å². The molecule has 1 heterocycles. The molecule has 5 heteroatoms. The van der Waals surface area contributed by atoms with Gasteiger partial charge >= 0.3 is 0 Å². The van der Waals surface area contributed by atoms with Gasteiger partial charge in [0.25, 0.3) is 0 Å². The molecule has 0 aliphatic carbocycles. The lowest BCUT2D eigenvalue weighted by Gasteiger charge is -2.20. The molecule has 1 saturated heterocycles. The number of likely N-dealkylation sites (tertiary alicyclic amines) is 1. The maximum atomic E-state index is 12.2. The van der Waals surface area contributed by atoms with Gasteiger partial charge in [0.15, 0.2) is 0 Å². The minimum atomic E-state index is 0. The van der Waals surface area contributed by atoms with Crippen LogP contribution in [0, 0.1) is 19.8 Å². The van der Waals surface area contributed by atoms with Crippen LogP contribution in [0.25, 0.3) is 0 Å². The molecule has 1 aromatic rings. The smallest absolute Gasteiger partial charge is 0.238 e. The third-order valence-corrected chi connectivity index (χ3v) is 4.13. The lowest BCUT2D eigenvalue weighted by molar-refractivity contribution is -0.117. The fourth-order valence-electron chi connectivity index (χ4n) is 2.94. The average Bonchev–Trinajstić information content (AvgIpc) is 2.74. The van der Waals surface area contributed by atoms with Crippen LogP contribution >= 0.6 is 12.4 Å². The molecule has 1 aliphatic rings. The zero-order valence-electron chi connectivity index (χ0n) is 13.1. The molecule has 0 radical (unpaired) electrons. The third-order valence-electron chi connectivity index (χ3n) is 4.13. The first-order valence-electron chi connectivity index (χ1n) is 7.30. The van der Waals surface area contributed by atoms with Crippen LogP contribution in [0.5, 0.6) is 0 Å². The fourth-order valence-corrected chi connectivity index (χ4v) is 2.94. The highest BCUT2D eigenvalue weighted by Crippen LogP contribution is 2.22. The number of carbonyl (C=O) groups is 1. The number of benzene rings is 1. The molecular weight excluding hydrogens is 286 g/mol. The first-order valence-corrected chi connectivity index (χ1v) is 7.30. The van der Waals surface area contributed by atoms with Crippen molar-refractivity contribution in [2.75, 3.05) is 25.0 Å². The van der Waals surface area contributed by atoms with Crippen molar-refractivity contribution in [3.8, 4) is 0 Å². The normalized spacial score (nSPS) is 21.9. The van der Waals surface area contributed by atoms with Crippen LogP contribution in [0.2, 0.25) is 0 Å². The van der Waals surface area contributed by atoms with E-state index >= 15 is 0 Å². The van der Waals surface area contributed by atoms with Crippen LogP contribution in [0.1, 0.15) is 24.5 Å². The monoisotopic (exact) mass is 311 g/mol. The topological polar surface area (TPSA) is 58.4 Å². The number of rotatable bonds is 4. The summed E-state index contributed by atoms with van der Waals surface area (Å²) in [5.74, 6) is 0.584. The lowest BCUT2D eigenvalue weighted by Crippen LogP contribution is -2.36. The summed E-state index contributed by atoms with van der Waals surface area (Å²) in [5.41, 5.74) is 8.94. The Morgan fingerprint density at radius 1 is 1.43 bits per heavy atom. The second kappa shape index (κ2) is 7.78. The van der Waals surface area contributed by atoms with Gasteiger partial charge in [-0.3, -0.25) is 9.69 Å². The number of nitrogens with one attached hydrogen (secondary N) is 1. The van der Waals surface area contributed by atoms with E-state index in [1.54, 1.807) is 0 Å². The summed E-state index contributed by atoms with van der Waals surface area (Å²) >= 11 is 0. The predicted octanol–water partition coefficient (Wildman–Crippen LogP) is 2.33. The van der Waals surface area contributed by atoms with Crippen LogP contribution in [0.3, 0.4) is 0 Å².